The first-order valence-electron chi connectivity index (χ1n) is 9.46. The second-order valence-corrected chi connectivity index (χ2v) is 7.32. The van der Waals surface area contributed by atoms with Gasteiger partial charge in [0.1, 0.15) is 6.54 Å². The summed E-state index contributed by atoms with van der Waals surface area (Å²) in [5.74, 6) is -2.40. The molecular formula is C23H18ClN3O4. The Kier molecular flexibility index (Phi) is 5.60. The molecule has 0 saturated carbocycles. The summed E-state index contributed by atoms with van der Waals surface area (Å²) in [5.41, 5.74) is 2.50. The summed E-state index contributed by atoms with van der Waals surface area (Å²) in [6, 6.07) is 19.0. The van der Waals surface area contributed by atoms with Crippen LogP contribution in [0.15, 0.2) is 66.9 Å². The molecule has 0 radical (unpaired) electrons. The molecule has 3 N–H and O–H groups in total. The van der Waals surface area contributed by atoms with E-state index in [9.17, 15) is 14.7 Å². The largest absolute Gasteiger partial charge is 0.505 e. The van der Waals surface area contributed by atoms with Crippen LogP contribution in [0.4, 0.5) is 0 Å². The Bertz CT molecular complexity index is 1270. The number of aliphatic carboxylic acids is 1. The lowest BCUT2D eigenvalue weighted by Crippen LogP contribution is -2.30. The summed E-state index contributed by atoms with van der Waals surface area (Å²) in [6.45, 7) is -0.114. The zero-order valence-electron chi connectivity index (χ0n) is 16.2. The number of hydrogen-bond acceptors (Lipinski definition) is 4. The van der Waals surface area contributed by atoms with E-state index in [0.29, 0.717) is 17.8 Å². The molecule has 156 valence electrons. The maximum atomic E-state index is 12.6. The van der Waals surface area contributed by atoms with E-state index in [2.05, 4.69) is 10.3 Å². The summed E-state index contributed by atoms with van der Waals surface area (Å²) >= 11 is 6.48. The van der Waals surface area contributed by atoms with Crippen molar-refractivity contribution in [3.05, 3.63) is 83.1 Å². The van der Waals surface area contributed by atoms with E-state index in [1.807, 2.05) is 65.2 Å². The van der Waals surface area contributed by atoms with Crippen LogP contribution < -0.4 is 5.32 Å². The smallest absolute Gasteiger partial charge is 0.322 e. The van der Waals surface area contributed by atoms with Crippen molar-refractivity contribution in [1.82, 2.24) is 14.9 Å². The second-order valence-electron chi connectivity index (χ2n) is 6.91. The van der Waals surface area contributed by atoms with Gasteiger partial charge in [0.25, 0.3) is 5.91 Å². The second kappa shape index (κ2) is 8.49. The van der Waals surface area contributed by atoms with Gasteiger partial charge in [-0.1, -0.05) is 72.3 Å². The fourth-order valence-corrected chi connectivity index (χ4v) is 3.74. The van der Waals surface area contributed by atoms with Crippen LogP contribution in [-0.2, 0) is 11.3 Å². The minimum Gasteiger partial charge on any atom is -0.505 e. The van der Waals surface area contributed by atoms with Crippen molar-refractivity contribution >= 4 is 34.4 Å². The van der Waals surface area contributed by atoms with Gasteiger partial charge in [-0.05, 0) is 5.56 Å². The van der Waals surface area contributed by atoms with Gasteiger partial charge in [0.2, 0.25) is 0 Å². The highest BCUT2D eigenvalue weighted by Gasteiger charge is 2.25. The van der Waals surface area contributed by atoms with Gasteiger partial charge in [-0.3, -0.25) is 9.59 Å². The van der Waals surface area contributed by atoms with Crippen molar-refractivity contribution in [2.75, 3.05) is 6.54 Å². The summed E-state index contributed by atoms with van der Waals surface area (Å²) in [6.07, 6.45) is 1.69. The van der Waals surface area contributed by atoms with Gasteiger partial charge in [-0.15, -0.1) is 0 Å². The highest BCUT2D eigenvalue weighted by molar-refractivity contribution is 6.37. The highest BCUT2D eigenvalue weighted by atomic mass is 35.5. The van der Waals surface area contributed by atoms with Gasteiger partial charge in [0.05, 0.1) is 21.6 Å². The maximum Gasteiger partial charge on any atom is 0.322 e. The number of nitrogens with one attached hydrogen (secondary N) is 1. The third kappa shape index (κ3) is 4.08. The number of fused-ring (bicyclic) bond motifs is 1. The molecule has 0 fully saturated rings. The number of rotatable bonds is 6. The number of amides is 1. The Morgan fingerprint density at radius 3 is 2.32 bits per heavy atom. The maximum absolute atomic E-state index is 12.6. The third-order valence-corrected chi connectivity index (χ3v) is 5.09. The lowest BCUT2D eigenvalue weighted by Gasteiger charge is -2.13. The molecule has 7 nitrogen and oxygen atoms in total. The van der Waals surface area contributed by atoms with Crippen LogP contribution in [0.25, 0.3) is 22.2 Å². The number of hydrogen-bond donors (Lipinski definition) is 3. The lowest BCUT2D eigenvalue weighted by molar-refractivity contribution is -0.135. The molecule has 4 aromatic rings. The number of benzene rings is 2. The number of aromatic nitrogens is 2. The molecule has 4 rings (SSSR count). The van der Waals surface area contributed by atoms with E-state index >= 15 is 0 Å². The van der Waals surface area contributed by atoms with Crippen molar-refractivity contribution in [3.63, 3.8) is 0 Å². The molecule has 0 aliphatic rings. The number of nitrogens with zero attached hydrogens (tertiary/aromatic N) is 2. The normalized spacial score (nSPS) is 10.9. The Balaban J connectivity index is 1.94. The molecule has 0 spiro atoms. The molecular weight excluding hydrogens is 418 g/mol. The average molecular weight is 436 g/mol. The molecule has 0 unspecified atom stereocenters. The lowest BCUT2D eigenvalue weighted by atomic mass is 10.1. The number of carbonyl (C=O) groups excluding carboxylic acids is 1. The molecule has 31 heavy (non-hydrogen) atoms. The summed E-state index contributed by atoms with van der Waals surface area (Å²) in [5, 5.41) is 22.5. The number of pyridine rings is 1. The Morgan fingerprint density at radius 2 is 1.68 bits per heavy atom. The quantitative estimate of drug-likeness (QED) is 0.425. The van der Waals surface area contributed by atoms with E-state index in [1.54, 1.807) is 6.20 Å². The molecule has 2 aromatic heterocycles. The fourth-order valence-electron chi connectivity index (χ4n) is 3.44. The average Bonchev–Trinajstić information content (AvgIpc) is 3.10. The number of carbonyl (C=O) groups is 2. The van der Waals surface area contributed by atoms with Crippen molar-refractivity contribution in [1.29, 1.82) is 0 Å². The zero-order valence-corrected chi connectivity index (χ0v) is 17.0. The molecule has 0 atom stereocenters. The first kappa shape index (κ1) is 20.4. The van der Waals surface area contributed by atoms with Crippen LogP contribution in [0.1, 0.15) is 16.1 Å². The van der Waals surface area contributed by atoms with E-state index in [1.165, 1.54) is 0 Å². The van der Waals surface area contributed by atoms with Gasteiger partial charge in [-0.2, -0.15) is 0 Å². The molecule has 0 bridgehead atoms. The van der Waals surface area contributed by atoms with Crippen LogP contribution in [0.5, 0.6) is 5.75 Å². The van der Waals surface area contributed by atoms with Gasteiger partial charge in [0, 0.05) is 18.3 Å². The predicted molar refractivity (Wildman–Crippen MR) is 117 cm³/mol. The number of halogens is 1. The van der Waals surface area contributed by atoms with Crippen LogP contribution >= 0.6 is 11.6 Å². The van der Waals surface area contributed by atoms with E-state index in [-0.39, 0.29) is 16.1 Å². The molecule has 8 heteroatoms. The minimum absolute atomic E-state index is 0.260. The van der Waals surface area contributed by atoms with Crippen molar-refractivity contribution < 1.29 is 19.8 Å². The van der Waals surface area contributed by atoms with Crippen LogP contribution in [0.2, 0.25) is 5.02 Å². The molecule has 0 saturated heterocycles. The van der Waals surface area contributed by atoms with Gasteiger partial charge < -0.3 is 20.1 Å². The summed E-state index contributed by atoms with van der Waals surface area (Å²) in [4.78, 5) is 27.8. The Labute approximate surface area is 182 Å². The van der Waals surface area contributed by atoms with Gasteiger partial charge in [-0.25, -0.2) is 4.98 Å². The molecule has 2 heterocycles. The van der Waals surface area contributed by atoms with Crippen LogP contribution in [0, 0.1) is 0 Å². The van der Waals surface area contributed by atoms with Crippen molar-refractivity contribution in [2.24, 2.45) is 0 Å². The summed E-state index contributed by atoms with van der Waals surface area (Å²) in [7, 11) is 0. The topological polar surface area (TPSA) is 104 Å². The SMILES string of the molecule is O=C(O)CNC(=O)c1nc(-c2ccccc2)c2c(c(Cl)cn2Cc2ccccc2)c1O. The molecule has 1 amide bonds. The van der Waals surface area contributed by atoms with Crippen LogP contribution in [-0.4, -0.2) is 38.2 Å². The van der Waals surface area contributed by atoms with Gasteiger partial charge >= 0.3 is 5.97 Å². The Hall–Kier alpha value is -3.84. The molecule has 2 aromatic carbocycles. The van der Waals surface area contributed by atoms with Gasteiger partial charge in [0.15, 0.2) is 11.4 Å². The Morgan fingerprint density at radius 1 is 1.03 bits per heavy atom. The number of carboxylic acid groups (broad SMARTS) is 1. The van der Waals surface area contributed by atoms with E-state index in [4.69, 9.17) is 16.7 Å². The van der Waals surface area contributed by atoms with Crippen molar-refractivity contribution in [2.45, 2.75) is 6.54 Å². The third-order valence-electron chi connectivity index (χ3n) is 4.80. The first-order valence-corrected chi connectivity index (χ1v) is 9.84. The zero-order chi connectivity index (χ0) is 22.0. The standard InChI is InChI=1S/C23H18ClN3O4/c24-16-13-27(12-14-7-3-1-4-8-14)21-18(16)22(30)20(23(31)25-11-17(28)29)26-19(21)15-9-5-2-6-10-15/h1-10,13,30H,11-12H2,(H,25,31)(H,28,29). The predicted octanol–water partition coefficient (Wildman–Crippen LogP) is 3.93. The van der Waals surface area contributed by atoms with Crippen molar-refractivity contribution in [3.8, 4) is 17.0 Å². The highest BCUT2D eigenvalue weighted by Crippen LogP contribution is 2.40. The van der Waals surface area contributed by atoms with E-state index < -0.39 is 24.2 Å². The van der Waals surface area contributed by atoms with E-state index in [0.717, 1.165) is 11.1 Å². The first-order chi connectivity index (χ1) is 15.0. The summed E-state index contributed by atoms with van der Waals surface area (Å²) < 4.78 is 1.88. The number of aromatic hydroxyl groups is 1. The monoisotopic (exact) mass is 435 g/mol. The fraction of sp³-hybridized carbons (Fsp3) is 0.0870. The van der Waals surface area contributed by atoms with Crippen LogP contribution in [0.3, 0.4) is 0 Å². The molecule has 0 aliphatic heterocycles. The molecule has 0 aliphatic carbocycles. The minimum atomic E-state index is -1.20. The number of carboxylic acids is 1.